The Hall–Kier alpha value is -2.58. The van der Waals surface area contributed by atoms with Gasteiger partial charge in [0.1, 0.15) is 5.75 Å². The number of hydrogen-bond donors (Lipinski definition) is 3. The molecule has 0 radical (unpaired) electrons. The van der Waals surface area contributed by atoms with E-state index in [-0.39, 0.29) is 17.8 Å². The Morgan fingerprint density at radius 2 is 1.74 bits per heavy atom. The van der Waals surface area contributed by atoms with Crippen LogP contribution >= 0.6 is 0 Å². The maximum absolute atomic E-state index is 12.0. The molecule has 0 aromatic heterocycles. The number of hydrogen-bond acceptors (Lipinski definition) is 4. The highest BCUT2D eigenvalue weighted by Crippen LogP contribution is 2.22. The predicted octanol–water partition coefficient (Wildman–Crippen LogP) is 2.45. The lowest BCUT2D eigenvalue weighted by atomic mass is 10.1. The van der Waals surface area contributed by atoms with Crippen molar-refractivity contribution in [2.45, 2.75) is 32.2 Å². The summed E-state index contributed by atoms with van der Waals surface area (Å²) in [5.41, 5.74) is 8.31. The zero-order valence-corrected chi connectivity index (χ0v) is 16.6. The van der Waals surface area contributed by atoms with Gasteiger partial charge in [-0.2, -0.15) is 0 Å². The Kier molecular flexibility index (Phi) is 7.20. The van der Waals surface area contributed by atoms with Gasteiger partial charge in [-0.15, -0.1) is 0 Å². The lowest BCUT2D eigenvalue weighted by Crippen LogP contribution is -2.31. The van der Waals surface area contributed by atoms with E-state index in [1.165, 1.54) is 0 Å². The van der Waals surface area contributed by atoms with Gasteiger partial charge in [-0.3, -0.25) is 0 Å². The highest BCUT2D eigenvalue weighted by atomic mass is 32.2. The van der Waals surface area contributed by atoms with Crippen LogP contribution in [0.2, 0.25) is 0 Å². The molecule has 0 unspecified atom stereocenters. The van der Waals surface area contributed by atoms with Crippen molar-refractivity contribution < 1.29 is 13.2 Å². The molecule has 0 saturated heterocycles. The molecule has 0 heterocycles. The van der Waals surface area contributed by atoms with Gasteiger partial charge < -0.3 is 15.8 Å². The van der Waals surface area contributed by atoms with E-state index in [9.17, 15) is 8.42 Å². The number of guanidine groups is 1. The number of ether oxygens (including phenoxy) is 1. The Bertz CT molecular complexity index is 878. The Balaban J connectivity index is 1.97. The number of methoxy groups -OCH3 is 1. The van der Waals surface area contributed by atoms with E-state index < -0.39 is 10.0 Å². The number of nitrogens with one attached hydrogen (secondary N) is 2. The zero-order valence-electron chi connectivity index (χ0n) is 15.8. The maximum Gasteiger partial charge on any atom is 0.216 e. The van der Waals surface area contributed by atoms with E-state index in [1.54, 1.807) is 33.1 Å². The largest absolute Gasteiger partial charge is 0.495 e. The van der Waals surface area contributed by atoms with Gasteiger partial charge in [-0.25, -0.2) is 18.1 Å². The van der Waals surface area contributed by atoms with E-state index in [0.29, 0.717) is 12.3 Å². The Labute approximate surface area is 160 Å². The van der Waals surface area contributed by atoms with Crippen molar-refractivity contribution in [3.05, 3.63) is 59.7 Å². The molecule has 7 nitrogen and oxygen atoms in total. The summed E-state index contributed by atoms with van der Waals surface area (Å²) in [5.74, 6) is 0.898. The van der Waals surface area contributed by atoms with Gasteiger partial charge in [0.15, 0.2) is 5.96 Å². The van der Waals surface area contributed by atoms with Crippen molar-refractivity contribution in [1.29, 1.82) is 0 Å². The molecule has 2 aromatic carbocycles. The summed E-state index contributed by atoms with van der Waals surface area (Å²) < 4.78 is 31.8. The van der Waals surface area contributed by atoms with Crippen molar-refractivity contribution in [3.8, 4) is 5.75 Å². The molecule has 0 atom stereocenters. The fraction of sp³-hybridized carbons (Fsp3) is 0.316. The van der Waals surface area contributed by atoms with E-state index in [4.69, 9.17) is 10.5 Å². The topological polar surface area (TPSA) is 106 Å². The molecule has 0 bridgehead atoms. The summed E-state index contributed by atoms with van der Waals surface area (Å²) in [4.78, 5) is 4.31. The minimum Gasteiger partial charge on any atom is -0.495 e. The Morgan fingerprint density at radius 3 is 2.37 bits per heavy atom. The van der Waals surface area contributed by atoms with Crippen LogP contribution in [0.4, 0.5) is 5.69 Å². The van der Waals surface area contributed by atoms with Crippen molar-refractivity contribution >= 4 is 21.7 Å². The molecule has 0 aliphatic carbocycles. The molecule has 0 fully saturated rings. The molecule has 0 amide bonds. The van der Waals surface area contributed by atoms with E-state index in [0.717, 1.165) is 16.8 Å². The minimum atomic E-state index is -3.33. The molecule has 4 N–H and O–H groups in total. The number of benzene rings is 2. The van der Waals surface area contributed by atoms with Gasteiger partial charge in [-0.05, 0) is 37.1 Å². The molecular weight excluding hydrogens is 364 g/mol. The number of rotatable bonds is 8. The number of anilines is 1. The van der Waals surface area contributed by atoms with Crippen LogP contribution in [0.15, 0.2) is 53.5 Å². The molecule has 2 aromatic rings. The first kappa shape index (κ1) is 20.7. The second kappa shape index (κ2) is 9.38. The molecule has 27 heavy (non-hydrogen) atoms. The highest BCUT2D eigenvalue weighted by Gasteiger charge is 2.12. The number of para-hydroxylation sites is 2. The summed E-state index contributed by atoms with van der Waals surface area (Å²) in [6, 6.07) is 14.6. The molecule has 0 spiro atoms. The minimum absolute atomic E-state index is 0.0494. The third kappa shape index (κ3) is 6.92. The average Bonchev–Trinajstić information content (AvgIpc) is 2.60. The third-order valence-electron chi connectivity index (χ3n) is 3.60. The van der Waals surface area contributed by atoms with E-state index >= 15 is 0 Å². The van der Waals surface area contributed by atoms with Gasteiger partial charge in [0.25, 0.3) is 0 Å². The standard InChI is InChI=1S/C19H26N4O3S/c1-14(2)23-27(24,25)13-16-10-8-15(9-11-16)12-21-19(20)22-17-6-4-5-7-18(17)26-3/h4-11,14,23H,12-13H2,1-3H3,(H3,20,21,22). The molecule has 0 saturated carbocycles. The van der Waals surface area contributed by atoms with Gasteiger partial charge in [0, 0.05) is 6.04 Å². The van der Waals surface area contributed by atoms with Crippen LogP contribution in [0.3, 0.4) is 0 Å². The molecule has 8 heteroatoms. The predicted molar refractivity (Wildman–Crippen MR) is 109 cm³/mol. The summed E-state index contributed by atoms with van der Waals surface area (Å²) in [7, 11) is -1.74. The molecule has 0 aliphatic rings. The van der Waals surface area contributed by atoms with E-state index in [1.807, 2.05) is 36.4 Å². The lowest BCUT2D eigenvalue weighted by Gasteiger charge is -2.10. The normalized spacial score (nSPS) is 12.2. The molecular formula is C19H26N4O3S. The first-order valence-corrected chi connectivity index (χ1v) is 10.2. The second-order valence-electron chi connectivity index (χ2n) is 6.37. The summed E-state index contributed by atoms with van der Waals surface area (Å²) in [5, 5.41) is 3.01. The number of sulfonamides is 1. The number of nitrogens with two attached hydrogens (primary N) is 1. The van der Waals surface area contributed by atoms with Crippen LogP contribution < -0.4 is 20.5 Å². The van der Waals surface area contributed by atoms with Crippen molar-refractivity contribution in [2.24, 2.45) is 10.7 Å². The second-order valence-corrected chi connectivity index (χ2v) is 8.13. The van der Waals surface area contributed by atoms with Crippen LogP contribution in [0.25, 0.3) is 0 Å². The van der Waals surface area contributed by atoms with Gasteiger partial charge in [0.2, 0.25) is 10.0 Å². The van der Waals surface area contributed by atoms with Crippen LogP contribution in [0.1, 0.15) is 25.0 Å². The third-order valence-corrected chi connectivity index (χ3v) is 5.14. The monoisotopic (exact) mass is 390 g/mol. The van der Waals surface area contributed by atoms with Gasteiger partial charge in [-0.1, -0.05) is 36.4 Å². The van der Waals surface area contributed by atoms with E-state index in [2.05, 4.69) is 15.0 Å². The van der Waals surface area contributed by atoms with Gasteiger partial charge in [0.05, 0.1) is 25.1 Å². The summed E-state index contributed by atoms with van der Waals surface area (Å²) >= 11 is 0. The SMILES string of the molecule is COc1ccccc1NC(N)=NCc1ccc(CS(=O)(=O)NC(C)C)cc1. The lowest BCUT2D eigenvalue weighted by molar-refractivity contribution is 0.417. The smallest absolute Gasteiger partial charge is 0.216 e. The molecule has 0 aliphatic heterocycles. The van der Waals surface area contributed by atoms with Crippen molar-refractivity contribution in [1.82, 2.24) is 4.72 Å². The zero-order chi connectivity index (χ0) is 19.9. The quantitative estimate of drug-likeness (QED) is 0.474. The van der Waals surface area contributed by atoms with Crippen molar-refractivity contribution in [3.63, 3.8) is 0 Å². The van der Waals surface area contributed by atoms with Crippen LogP contribution in [-0.2, 0) is 22.3 Å². The van der Waals surface area contributed by atoms with Crippen LogP contribution in [-0.4, -0.2) is 27.5 Å². The number of aliphatic imine (C=N–C) groups is 1. The fourth-order valence-corrected chi connectivity index (χ4v) is 3.90. The maximum atomic E-state index is 12.0. The summed E-state index contributed by atoms with van der Waals surface area (Å²) in [6.07, 6.45) is 0. The fourth-order valence-electron chi connectivity index (χ4n) is 2.46. The van der Waals surface area contributed by atoms with Crippen LogP contribution in [0.5, 0.6) is 5.75 Å². The molecule has 146 valence electrons. The first-order valence-electron chi connectivity index (χ1n) is 8.57. The van der Waals surface area contributed by atoms with Crippen molar-refractivity contribution in [2.75, 3.05) is 12.4 Å². The van der Waals surface area contributed by atoms with Gasteiger partial charge >= 0.3 is 0 Å². The average molecular weight is 391 g/mol. The summed E-state index contributed by atoms with van der Waals surface area (Å²) in [6.45, 7) is 3.97. The highest BCUT2D eigenvalue weighted by molar-refractivity contribution is 7.88. The first-order chi connectivity index (χ1) is 12.8. The molecule has 2 rings (SSSR count). The number of nitrogens with zero attached hydrogens (tertiary/aromatic N) is 1. The van der Waals surface area contributed by atoms with Crippen LogP contribution in [0, 0.1) is 0 Å². The Morgan fingerprint density at radius 1 is 1.11 bits per heavy atom.